The molecule has 124 valence electrons. The molecule has 1 heterocycles. The van der Waals surface area contributed by atoms with Crippen LogP contribution in [0.4, 0.5) is 14.9 Å². The molecule has 1 amide bonds. The number of nitriles is 1. The second kappa shape index (κ2) is 6.86. The fourth-order valence-corrected chi connectivity index (χ4v) is 2.63. The molecule has 6 heteroatoms. The summed E-state index contributed by atoms with van der Waals surface area (Å²) in [5.74, 6) is -0.501. The Bertz CT molecular complexity index is 611. The molecule has 1 fully saturated rings. The van der Waals surface area contributed by atoms with Crippen molar-refractivity contribution in [2.75, 3.05) is 18.0 Å². The van der Waals surface area contributed by atoms with Crippen LogP contribution in [0.2, 0.25) is 0 Å². The lowest BCUT2D eigenvalue weighted by atomic mass is 10.0. The second-order valence-corrected chi connectivity index (χ2v) is 6.65. The van der Waals surface area contributed by atoms with Gasteiger partial charge in [0.15, 0.2) is 0 Å². The first kappa shape index (κ1) is 17.1. The van der Waals surface area contributed by atoms with Gasteiger partial charge in [-0.3, -0.25) is 0 Å². The quantitative estimate of drug-likeness (QED) is 0.909. The summed E-state index contributed by atoms with van der Waals surface area (Å²) in [6.45, 7) is 6.77. The molecule has 0 unspecified atom stereocenters. The highest BCUT2D eigenvalue weighted by molar-refractivity contribution is 5.68. The SMILES string of the molecule is CC(C)(C)OC(=O)NC1CCN(c2cccc(F)c2C#N)CC1. The summed E-state index contributed by atoms with van der Waals surface area (Å²) in [6.07, 6.45) is 1.03. The molecule has 1 N–H and O–H groups in total. The predicted molar refractivity (Wildman–Crippen MR) is 85.7 cm³/mol. The molecule has 2 rings (SSSR count). The van der Waals surface area contributed by atoms with Crippen molar-refractivity contribution in [1.82, 2.24) is 5.32 Å². The number of hydrogen-bond acceptors (Lipinski definition) is 4. The minimum atomic E-state index is -0.520. The zero-order chi connectivity index (χ0) is 17.0. The second-order valence-electron chi connectivity index (χ2n) is 6.65. The van der Waals surface area contributed by atoms with Gasteiger partial charge in [-0.2, -0.15) is 5.26 Å². The number of nitrogens with zero attached hydrogens (tertiary/aromatic N) is 2. The molecular weight excluding hydrogens is 297 g/mol. The van der Waals surface area contributed by atoms with E-state index in [1.807, 2.05) is 31.7 Å². The molecule has 0 aromatic heterocycles. The zero-order valence-electron chi connectivity index (χ0n) is 13.7. The van der Waals surface area contributed by atoms with Crippen molar-refractivity contribution >= 4 is 11.8 Å². The minimum Gasteiger partial charge on any atom is -0.444 e. The van der Waals surface area contributed by atoms with Gasteiger partial charge in [0.1, 0.15) is 23.1 Å². The lowest BCUT2D eigenvalue weighted by Crippen LogP contribution is -2.46. The molecule has 1 aliphatic rings. The zero-order valence-corrected chi connectivity index (χ0v) is 13.7. The number of alkyl carbamates (subject to hydrolysis) is 1. The Hall–Kier alpha value is -2.29. The highest BCUT2D eigenvalue weighted by atomic mass is 19.1. The van der Waals surface area contributed by atoms with E-state index in [2.05, 4.69) is 5.32 Å². The molecule has 1 aromatic carbocycles. The van der Waals surface area contributed by atoms with E-state index in [4.69, 9.17) is 10.00 Å². The van der Waals surface area contributed by atoms with Crippen molar-refractivity contribution in [2.24, 2.45) is 0 Å². The number of carbonyl (C=O) groups is 1. The third kappa shape index (κ3) is 4.59. The molecule has 0 bridgehead atoms. The van der Waals surface area contributed by atoms with Gasteiger partial charge >= 0.3 is 6.09 Å². The molecule has 1 saturated heterocycles. The molecule has 1 aromatic rings. The van der Waals surface area contributed by atoms with E-state index in [0.29, 0.717) is 18.8 Å². The maximum Gasteiger partial charge on any atom is 0.407 e. The highest BCUT2D eigenvalue weighted by Crippen LogP contribution is 2.25. The van der Waals surface area contributed by atoms with Crippen molar-refractivity contribution in [2.45, 2.75) is 45.3 Å². The van der Waals surface area contributed by atoms with Gasteiger partial charge in [0.05, 0.1) is 5.69 Å². The van der Waals surface area contributed by atoms with Crippen LogP contribution < -0.4 is 10.2 Å². The van der Waals surface area contributed by atoms with Gasteiger partial charge in [0.2, 0.25) is 0 Å². The number of rotatable bonds is 2. The number of nitrogens with one attached hydrogen (secondary N) is 1. The van der Waals surface area contributed by atoms with Gasteiger partial charge in [-0.1, -0.05) is 6.07 Å². The third-order valence-corrected chi connectivity index (χ3v) is 3.66. The predicted octanol–water partition coefficient (Wildman–Crippen LogP) is 3.19. The van der Waals surface area contributed by atoms with Crippen LogP contribution in [0.25, 0.3) is 0 Å². The maximum atomic E-state index is 13.7. The number of amides is 1. The normalized spacial score (nSPS) is 15.9. The molecule has 0 atom stereocenters. The van der Waals surface area contributed by atoms with E-state index in [0.717, 1.165) is 12.8 Å². The van der Waals surface area contributed by atoms with E-state index < -0.39 is 17.5 Å². The first-order valence-corrected chi connectivity index (χ1v) is 7.73. The molecule has 0 aliphatic carbocycles. The van der Waals surface area contributed by atoms with Crippen LogP contribution in [0.3, 0.4) is 0 Å². The Labute approximate surface area is 136 Å². The molecule has 0 spiro atoms. The number of hydrogen-bond donors (Lipinski definition) is 1. The average Bonchev–Trinajstić information content (AvgIpc) is 2.45. The van der Waals surface area contributed by atoms with Gasteiger partial charge in [0, 0.05) is 19.1 Å². The van der Waals surface area contributed by atoms with Gasteiger partial charge in [-0.25, -0.2) is 9.18 Å². The van der Waals surface area contributed by atoms with Crippen LogP contribution in [-0.2, 0) is 4.74 Å². The summed E-state index contributed by atoms with van der Waals surface area (Å²) in [6, 6.07) is 6.60. The Morgan fingerprint density at radius 1 is 1.39 bits per heavy atom. The molecule has 5 nitrogen and oxygen atoms in total. The van der Waals surface area contributed by atoms with E-state index in [-0.39, 0.29) is 11.6 Å². The summed E-state index contributed by atoms with van der Waals surface area (Å²) in [5.41, 5.74) is 0.169. The first-order valence-electron chi connectivity index (χ1n) is 7.73. The lowest BCUT2D eigenvalue weighted by molar-refractivity contribution is 0.0497. The van der Waals surface area contributed by atoms with Crippen molar-refractivity contribution < 1.29 is 13.9 Å². The van der Waals surface area contributed by atoms with Crippen LogP contribution in [-0.4, -0.2) is 30.8 Å². The van der Waals surface area contributed by atoms with E-state index in [1.165, 1.54) is 6.07 Å². The smallest absolute Gasteiger partial charge is 0.407 e. The van der Waals surface area contributed by atoms with Crippen LogP contribution in [0.1, 0.15) is 39.2 Å². The Balaban J connectivity index is 1.93. The number of piperidine rings is 1. The molecule has 0 radical (unpaired) electrons. The van der Waals surface area contributed by atoms with E-state index in [9.17, 15) is 9.18 Å². The van der Waals surface area contributed by atoms with Gasteiger partial charge < -0.3 is 15.0 Å². The third-order valence-electron chi connectivity index (χ3n) is 3.66. The summed E-state index contributed by atoms with van der Waals surface area (Å²) in [5, 5.41) is 12.0. The van der Waals surface area contributed by atoms with E-state index >= 15 is 0 Å². The summed E-state index contributed by atoms with van der Waals surface area (Å²) in [4.78, 5) is 13.8. The first-order chi connectivity index (χ1) is 10.8. The molecule has 0 saturated carbocycles. The lowest BCUT2D eigenvalue weighted by Gasteiger charge is -2.34. The van der Waals surface area contributed by atoms with Crippen LogP contribution >= 0.6 is 0 Å². The monoisotopic (exact) mass is 319 g/mol. The van der Waals surface area contributed by atoms with Crippen molar-refractivity contribution in [1.29, 1.82) is 5.26 Å². The van der Waals surface area contributed by atoms with Gasteiger partial charge in [-0.05, 0) is 45.7 Å². The number of benzene rings is 1. The summed E-state index contributed by atoms with van der Waals surface area (Å²) < 4.78 is 18.9. The summed E-state index contributed by atoms with van der Waals surface area (Å²) in [7, 11) is 0. The molecule has 1 aliphatic heterocycles. The number of carbonyl (C=O) groups excluding carboxylic acids is 1. The van der Waals surface area contributed by atoms with Crippen LogP contribution in [0, 0.1) is 17.1 Å². The number of halogens is 1. The van der Waals surface area contributed by atoms with Gasteiger partial charge in [-0.15, -0.1) is 0 Å². The molecule has 23 heavy (non-hydrogen) atoms. The Kier molecular flexibility index (Phi) is 5.09. The standard InChI is InChI=1S/C17H22FN3O2/c1-17(2,3)23-16(22)20-12-7-9-21(10-8-12)15-6-4-5-14(18)13(15)11-19/h4-6,12H,7-10H2,1-3H3,(H,20,22). The van der Waals surface area contributed by atoms with Crippen molar-refractivity contribution in [3.05, 3.63) is 29.6 Å². The van der Waals surface area contributed by atoms with Crippen molar-refractivity contribution in [3.8, 4) is 6.07 Å². The fourth-order valence-electron chi connectivity index (χ4n) is 2.63. The van der Waals surface area contributed by atoms with Crippen LogP contribution in [0.15, 0.2) is 18.2 Å². The minimum absolute atomic E-state index is 0.0280. The number of anilines is 1. The maximum absolute atomic E-state index is 13.7. The summed E-state index contributed by atoms with van der Waals surface area (Å²) >= 11 is 0. The topological polar surface area (TPSA) is 65.4 Å². The van der Waals surface area contributed by atoms with Gasteiger partial charge in [0.25, 0.3) is 0 Å². The Morgan fingerprint density at radius 2 is 2.04 bits per heavy atom. The Morgan fingerprint density at radius 3 is 2.61 bits per heavy atom. The van der Waals surface area contributed by atoms with Crippen molar-refractivity contribution in [3.63, 3.8) is 0 Å². The van der Waals surface area contributed by atoms with E-state index in [1.54, 1.807) is 12.1 Å². The average molecular weight is 319 g/mol. The van der Waals surface area contributed by atoms with Crippen LogP contribution in [0.5, 0.6) is 0 Å². The number of ether oxygens (including phenoxy) is 1. The highest BCUT2D eigenvalue weighted by Gasteiger charge is 2.25. The fraction of sp³-hybridized carbons (Fsp3) is 0.529. The largest absolute Gasteiger partial charge is 0.444 e. The molecular formula is C17H22FN3O2.